The molecule has 7 heteroatoms. The molecule has 114 valence electrons. The second-order valence-corrected chi connectivity index (χ2v) is 6.68. The van der Waals surface area contributed by atoms with Crippen LogP contribution in [0, 0.1) is 0 Å². The van der Waals surface area contributed by atoms with Crippen molar-refractivity contribution in [2.75, 3.05) is 12.3 Å². The molecule has 1 unspecified atom stereocenters. The SMILES string of the molecule is CC(NCCCS(N)(=O)=O)c1cnn(-c2ccccc2)c1. The molecule has 0 fully saturated rings. The highest BCUT2D eigenvalue weighted by Gasteiger charge is 2.09. The van der Waals surface area contributed by atoms with Crippen LogP contribution in [-0.2, 0) is 10.0 Å². The van der Waals surface area contributed by atoms with Gasteiger partial charge in [-0.1, -0.05) is 18.2 Å². The smallest absolute Gasteiger partial charge is 0.209 e. The lowest BCUT2D eigenvalue weighted by atomic mass is 10.2. The number of nitrogens with one attached hydrogen (secondary N) is 1. The van der Waals surface area contributed by atoms with E-state index in [1.165, 1.54) is 0 Å². The summed E-state index contributed by atoms with van der Waals surface area (Å²) in [7, 11) is -3.38. The molecular formula is C14H20N4O2S. The molecule has 0 aliphatic heterocycles. The van der Waals surface area contributed by atoms with Gasteiger partial charge in [0.1, 0.15) is 0 Å². The van der Waals surface area contributed by atoms with Crippen LogP contribution in [-0.4, -0.2) is 30.5 Å². The number of nitrogens with two attached hydrogens (primary N) is 1. The van der Waals surface area contributed by atoms with Crippen molar-refractivity contribution in [3.8, 4) is 5.69 Å². The summed E-state index contributed by atoms with van der Waals surface area (Å²) < 4.78 is 23.5. The van der Waals surface area contributed by atoms with Gasteiger partial charge in [-0.3, -0.25) is 0 Å². The van der Waals surface area contributed by atoms with Crippen molar-refractivity contribution in [2.24, 2.45) is 5.14 Å². The third kappa shape index (κ3) is 4.96. The summed E-state index contributed by atoms with van der Waals surface area (Å²) in [5.41, 5.74) is 2.06. The van der Waals surface area contributed by atoms with E-state index in [0.29, 0.717) is 13.0 Å². The van der Waals surface area contributed by atoms with Gasteiger partial charge in [0, 0.05) is 17.8 Å². The van der Waals surface area contributed by atoms with Gasteiger partial charge in [-0.05, 0) is 32.0 Å². The average molecular weight is 308 g/mol. The van der Waals surface area contributed by atoms with Crippen LogP contribution < -0.4 is 10.5 Å². The number of hydrogen-bond acceptors (Lipinski definition) is 4. The molecular weight excluding hydrogens is 288 g/mol. The van der Waals surface area contributed by atoms with Crippen LogP contribution in [0.2, 0.25) is 0 Å². The second-order valence-electron chi connectivity index (χ2n) is 4.95. The molecule has 2 rings (SSSR count). The van der Waals surface area contributed by atoms with Gasteiger partial charge >= 0.3 is 0 Å². The van der Waals surface area contributed by atoms with Gasteiger partial charge in [0.25, 0.3) is 0 Å². The summed E-state index contributed by atoms with van der Waals surface area (Å²) in [5, 5.41) is 12.6. The zero-order valence-corrected chi connectivity index (χ0v) is 12.8. The quantitative estimate of drug-likeness (QED) is 0.752. The average Bonchev–Trinajstić information content (AvgIpc) is 2.93. The molecule has 0 saturated carbocycles. The van der Waals surface area contributed by atoms with Gasteiger partial charge in [-0.25, -0.2) is 18.2 Å². The predicted molar refractivity (Wildman–Crippen MR) is 82.6 cm³/mol. The van der Waals surface area contributed by atoms with Crippen LogP contribution in [0.4, 0.5) is 0 Å². The van der Waals surface area contributed by atoms with Crippen LogP contribution in [0.1, 0.15) is 24.9 Å². The van der Waals surface area contributed by atoms with Crippen molar-refractivity contribution in [1.29, 1.82) is 0 Å². The number of rotatable bonds is 7. The number of aromatic nitrogens is 2. The molecule has 6 nitrogen and oxygen atoms in total. The first-order valence-corrected chi connectivity index (χ1v) is 8.51. The number of hydrogen-bond donors (Lipinski definition) is 2. The van der Waals surface area contributed by atoms with Crippen LogP contribution in [0.25, 0.3) is 5.69 Å². The van der Waals surface area contributed by atoms with Gasteiger partial charge in [0.15, 0.2) is 0 Å². The Bertz CT molecular complexity index is 667. The van der Waals surface area contributed by atoms with Gasteiger partial charge in [0.05, 0.1) is 17.6 Å². The lowest BCUT2D eigenvalue weighted by Gasteiger charge is -2.11. The topological polar surface area (TPSA) is 90.0 Å². The fraction of sp³-hybridized carbons (Fsp3) is 0.357. The zero-order valence-electron chi connectivity index (χ0n) is 11.9. The first-order chi connectivity index (χ1) is 9.96. The van der Waals surface area contributed by atoms with Crippen molar-refractivity contribution in [1.82, 2.24) is 15.1 Å². The number of sulfonamides is 1. The van der Waals surface area contributed by atoms with E-state index in [0.717, 1.165) is 11.3 Å². The molecule has 0 aliphatic rings. The lowest BCUT2D eigenvalue weighted by molar-refractivity contribution is 0.560. The molecule has 0 radical (unpaired) electrons. The van der Waals surface area contributed by atoms with Crippen LogP contribution >= 0.6 is 0 Å². The molecule has 2 aromatic rings. The summed E-state index contributed by atoms with van der Waals surface area (Å²) in [5.74, 6) is -0.00397. The molecule has 0 spiro atoms. The van der Waals surface area contributed by atoms with E-state index in [-0.39, 0.29) is 11.8 Å². The van der Waals surface area contributed by atoms with Crippen molar-refractivity contribution in [3.05, 3.63) is 48.3 Å². The molecule has 0 saturated heterocycles. The van der Waals surface area contributed by atoms with E-state index < -0.39 is 10.0 Å². The monoisotopic (exact) mass is 308 g/mol. The molecule has 1 atom stereocenters. The maximum Gasteiger partial charge on any atom is 0.209 e. The molecule has 3 N–H and O–H groups in total. The maximum absolute atomic E-state index is 10.8. The lowest BCUT2D eigenvalue weighted by Crippen LogP contribution is -2.24. The van der Waals surface area contributed by atoms with Gasteiger partial charge in [0.2, 0.25) is 10.0 Å². The number of nitrogens with zero attached hydrogens (tertiary/aromatic N) is 2. The summed E-state index contributed by atoms with van der Waals surface area (Å²) in [6, 6.07) is 9.96. The minimum atomic E-state index is -3.38. The minimum absolute atomic E-state index is 0.00397. The molecule has 1 aromatic heterocycles. The highest BCUT2D eigenvalue weighted by molar-refractivity contribution is 7.89. The first kappa shape index (κ1) is 15.7. The van der Waals surface area contributed by atoms with Gasteiger partial charge < -0.3 is 5.32 Å². The normalized spacial score (nSPS) is 13.2. The Morgan fingerprint density at radius 3 is 2.71 bits per heavy atom. The molecule has 1 aromatic carbocycles. The molecule has 21 heavy (non-hydrogen) atoms. The third-order valence-electron chi connectivity index (χ3n) is 3.18. The van der Waals surface area contributed by atoms with Gasteiger partial charge in [-0.15, -0.1) is 0 Å². The molecule has 1 heterocycles. The van der Waals surface area contributed by atoms with E-state index in [1.807, 2.05) is 54.3 Å². The Morgan fingerprint density at radius 1 is 1.33 bits per heavy atom. The fourth-order valence-electron chi connectivity index (χ4n) is 1.99. The standard InChI is InChI=1S/C14H20N4O2S/c1-12(16-8-5-9-21(15,19)20)13-10-17-18(11-13)14-6-3-2-4-7-14/h2-4,6-7,10-12,16H,5,8-9H2,1H3,(H2,15,19,20). The van der Waals surface area contributed by atoms with Crippen molar-refractivity contribution < 1.29 is 8.42 Å². The largest absolute Gasteiger partial charge is 0.310 e. The first-order valence-electron chi connectivity index (χ1n) is 6.79. The summed E-state index contributed by atoms with van der Waals surface area (Å²) in [6.07, 6.45) is 4.27. The van der Waals surface area contributed by atoms with E-state index >= 15 is 0 Å². The highest BCUT2D eigenvalue weighted by atomic mass is 32.2. The van der Waals surface area contributed by atoms with E-state index in [9.17, 15) is 8.42 Å². The predicted octanol–water partition coefficient (Wildman–Crippen LogP) is 1.20. The Kier molecular flexibility index (Phi) is 5.11. The summed E-state index contributed by atoms with van der Waals surface area (Å²) in [6.45, 7) is 2.61. The van der Waals surface area contributed by atoms with Crippen LogP contribution in [0.5, 0.6) is 0 Å². The number of para-hydroxylation sites is 1. The minimum Gasteiger partial charge on any atom is -0.310 e. The molecule has 0 amide bonds. The van der Waals surface area contributed by atoms with E-state index in [1.54, 1.807) is 0 Å². The van der Waals surface area contributed by atoms with E-state index in [4.69, 9.17) is 5.14 Å². The van der Waals surface area contributed by atoms with Crippen molar-refractivity contribution >= 4 is 10.0 Å². The Labute approximate surface area is 125 Å². The Hall–Kier alpha value is -1.70. The molecule has 0 aliphatic carbocycles. The van der Waals surface area contributed by atoms with Crippen LogP contribution in [0.15, 0.2) is 42.7 Å². The maximum atomic E-state index is 10.8. The zero-order chi connectivity index (χ0) is 15.3. The number of primary sulfonamides is 1. The number of benzene rings is 1. The Balaban J connectivity index is 1.89. The van der Waals surface area contributed by atoms with Gasteiger partial charge in [-0.2, -0.15) is 5.10 Å². The van der Waals surface area contributed by atoms with Crippen molar-refractivity contribution in [3.63, 3.8) is 0 Å². The highest BCUT2D eigenvalue weighted by Crippen LogP contribution is 2.14. The second kappa shape index (κ2) is 6.84. The Morgan fingerprint density at radius 2 is 2.05 bits per heavy atom. The molecule has 0 bridgehead atoms. The van der Waals surface area contributed by atoms with Crippen LogP contribution in [0.3, 0.4) is 0 Å². The summed E-state index contributed by atoms with van der Waals surface area (Å²) >= 11 is 0. The third-order valence-corrected chi connectivity index (χ3v) is 4.04. The van der Waals surface area contributed by atoms with Crippen molar-refractivity contribution in [2.45, 2.75) is 19.4 Å². The van der Waals surface area contributed by atoms with E-state index in [2.05, 4.69) is 10.4 Å². The summed E-state index contributed by atoms with van der Waals surface area (Å²) in [4.78, 5) is 0. The fourth-order valence-corrected chi connectivity index (χ4v) is 2.54.